The minimum Gasteiger partial charge on any atom is -0.394 e. The van der Waals surface area contributed by atoms with Gasteiger partial charge in [-0.05, 0) is 38.5 Å². The molecule has 1 amide bonds. The first-order valence-electron chi connectivity index (χ1n) is 18.9. The van der Waals surface area contributed by atoms with Gasteiger partial charge >= 0.3 is 0 Å². The summed E-state index contributed by atoms with van der Waals surface area (Å²) in [6.07, 6.45) is 41.2. The van der Waals surface area contributed by atoms with E-state index in [-0.39, 0.29) is 12.5 Å². The maximum absolute atomic E-state index is 12.3. The molecule has 250 valence electrons. The molecule has 0 rings (SSSR count). The topological polar surface area (TPSA) is 69.6 Å². The Morgan fingerprint density at radius 2 is 0.905 bits per heavy atom. The van der Waals surface area contributed by atoms with E-state index in [4.69, 9.17) is 0 Å². The first-order valence-corrected chi connectivity index (χ1v) is 18.9. The number of rotatable bonds is 34. The van der Waals surface area contributed by atoms with Crippen LogP contribution in [0.5, 0.6) is 0 Å². The molecular formula is C38H75NO3. The summed E-state index contributed by atoms with van der Waals surface area (Å²) in [5, 5.41) is 23.0. The third-order valence-electron chi connectivity index (χ3n) is 8.78. The molecule has 42 heavy (non-hydrogen) atoms. The number of allylic oxidation sites excluding steroid dienone is 2. The molecule has 0 aromatic rings. The molecule has 0 radical (unpaired) electrons. The van der Waals surface area contributed by atoms with Crippen LogP contribution in [-0.4, -0.2) is 34.9 Å². The highest BCUT2D eigenvalue weighted by molar-refractivity contribution is 5.76. The van der Waals surface area contributed by atoms with Gasteiger partial charge in [0.15, 0.2) is 0 Å². The van der Waals surface area contributed by atoms with Gasteiger partial charge in [-0.15, -0.1) is 0 Å². The highest BCUT2D eigenvalue weighted by Gasteiger charge is 2.19. The molecule has 0 saturated carbocycles. The van der Waals surface area contributed by atoms with Crippen molar-refractivity contribution in [3.05, 3.63) is 12.2 Å². The quantitative estimate of drug-likeness (QED) is 0.0513. The van der Waals surface area contributed by atoms with Crippen LogP contribution in [0, 0.1) is 0 Å². The van der Waals surface area contributed by atoms with Crippen molar-refractivity contribution in [3.8, 4) is 0 Å². The van der Waals surface area contributed by atoms with E-state index in [9.17, 15) is 15.0 Å². The molecule has 0 fully saturated rings. The van der Waals surface area contributed by atoms with Crippen LogP contribution in [0.2, 0.25) is 0 Å². The molecule has 0 aliphatic heterocycles. The Bertz CT molecular complexity index is 565. The van der Waals surface area contributed by atoms with E-state index in [1.165, 1.54) is 154 Å². The Balaban J connectivity index is 3.56. The number of unbranched alkanes of at least 4 members (excludes halogenated alkanes) is 25. The van der Waals surface area contributed by atoms with Gasteiger partial charge in [-0.1, -0.05) is 174 Å². The number of nitrogens with one attached hydrogen (secondary N) is 1. The van der Waals surface area contributed by atoms with Crippen LogP contribution in [0.15, 0.2) is 12.2 Å². The second kappa shape index (κ2) is 34.6. The fourth-order valence-corrected chi connectivity index (χ4v) is 5.82. The molecule has 0 saturated heterocycles. The Morgan fingerprint density at radius 3 is 1.31 bits per heavy atom. The molecule has 4 nitrogen and oxygen atoms in total. The number of hydrogen-bond donors (Lipinski definition) is 3. The number of aliphatic hydroxyl groups is 2. The summed E-state index contributed by atoms with van der Waals surface area (Å²) >= 11 is 0. The van der Waals surface area contributed by atoms with Crippen molar-refractivity contribution in [2.75, 3.05) is 6.61 Å². The molecule has 3 N–H and O–H groups in total. The highest BCUT2D eigenvalue weighted by atomic mass is 16.3. The third kappa shape index (κ3) is 30.6. The van der Waals surface area contributed by atoms with Crippen LogP contribution < -0.4 is 5.32 Å². The zero-order chi connectivity index (χ0) is 30.8. The van der Waals surface area contributed by atoms with Crippen LogP contribution in [0.4, 0.5) is 0 Å². The Morgan fingerprint density at radius 1 is 0.548 bits per heavy atom. The average Bonchev–Trinajstić information content (AvgIpc) is 2.99. The second-order valence-corrected chi connectivity index (χ2v) is 13.0. The lowest BCUT2D eigenvalue weighted by Gasteiger charge is -2.22. The zero-order valence-electron chi connectivity index (χ0n) is 28.5. The maximum atomic E-state index is 12.3. The second-order valence-electron chi connectivity index (χ2n) is 13.0. The predicted octanol–water partition coefficient (Wildman–Crippen LogP) is 11.1. The van der Waals surface area contributed by atoms with E-state index in [0.717, 1.165) is 25.7 Å². The molecule has 0 unspecified atom stereocenters. The van der Waals surface area contributed by atoms with Gasteiger partial charge in [-0.3, -0.25) is 4.79 Å². The van der Waals surface area contributed by atoms with Crippen LogP contribution in [0.1, 0.15) is 206 Å². The van der Waals surface area contributed by atoms with Crippen LogP contribution in [0.25, 0.3) is 0 Å². The minimum atomic E-state index is -0.657. The fourth-order valence-electron chi connectivity index (χ4n) is 5.82. The SMILES string of the molecule is CCCCCCCC/C=C/CCCCCCCC(=O)N[C@@H](CO)[C@H](O)CCCCCCCCCCCCCCCCC. The van der Waals surface area contributed by atoms with E-state index in [0.29, 0.717) is 12.8 Å². The van der Waals surface area contributed by atoms with Gasteiger partial charge in [0.1, 0.15) is 0 Å². The molecule has 0 spiro atoms. The highest BCUT2D eigenvalue weighted by Crippen LogP contribution is 2.15. The fraction of sp³-hybridized carbons (Fsp3) is 0.921. The van der Waals surface area contributed by atoms with Gasteiger partial charge < -0.3 is 15.5 Å². The van der Waals surface area contributed by atoms with Crippen LogP contribution in [-0.2, 0) is 4.79 Å². The summed E-state index contributed by atoms with van der Waals surface area (Å²) in [4.78, 5) is 12.3. The normalized spacial score (nSPS) is 13.1. The molecule has 4 heteroatoms. The largest absolute Gasteiger partial charge is 0.394 e. The van der Waals surface area contributed by atoms with E-state index in [1.54, 1.807) is 0 Å². The van der Waals surface area contributed by atoms with E-state index < -0.39 is 12.1 Å². The van der Waals surface area contributed by atoms with Gasteiger partial charge in [-0.25, -0.2) is 0 Å². The molecule has 0 heterocycles. The summed E-state index contributed by atoms with van der Waals surface area (Å²) in [6.45, 7) is 4.35. The van der Waals surface area contributed by atoms with Gasteiger partial charge in [0, 0.05) is 6.42 Å². The predicted molar refractivity (Wildman–Crippen MR) is 184 cm³/mol. The lowest BCUT2D eigenvalue weighted by Crippen LogP contribution is -2.45. The molecule has 0 aliphatic rings. The minimum absolute atomic E-state index is 0.0396. The van der Waals surface area contributed by atoms with Crippen molar-refractivity contribution in [1.82, 2.24) is 5.32 Å². The summed E-state index contributed by atoms with van der Waals surface area (Å²) in [7, 11) is 0. The van der Waals surface area contributed by atoms with Crippen molar-refractivity contribution < 1.29 is 15.0 Å². The lowest BCUT2D eigenvalue weighted by molar-refractivity contribution is -0.123. The van der Waals surface area contributed by atoms with Gasteiger partial charge in [0.2, 0.25) is 5.91 Å². The molecule has 0 aromatic heterocycles. The van der Waals surface area contributed by atoms with Gasteiger partial charge in [-0.2, -0.15) is 0 Å². The summed E-state index contributed by atoms with van der Waals surface area (Å²) in [5.41, 5.74) is 0. The van der Waals surface area contributed by atoms with Crippen molar-refractivity contribution >= 4 is 5.91 Å². The first-order chi connectivity index (χ1) is 20.7. The van der Waals surface area contributed by atoms with Crippen molar-refractivity contribution in [1.29, 1.82) is 0 Å². The number of amides is 1. The Hall–Kier alpha value is -0.870. The van der Waals surface area contributed by atoms with Crippen molar-refractivity contribution in [2.24, 2.45) is 0 Å². The molecule has 0 aliphatic carbocycles. The number of hydrogen-bond acceptors (Lipinski definition) is 3. The molecular weight excluding hydrogens is 518 g/mol. The number of carbonyl (C=O) groups excluding carboxylic acids is 1. The van der Waals surface area contributed by atoms with E-state index in [1.807, 2.05) is 0 Å². The molecule has 0 aromatic carbocycles. The lowest BCUT2D eigenvalue weighted by atomic mass is 10.0. The van der Waals surface area contributed by atoms with Crippen molar-refractivity contribution in [3.63, 3.8) is 0 Å². The zero-order valence-corrected chi connectivity index (χ0v) is 28.5. The third-order valence-corrected chi connectivity index (χ3v) is 8.78. The average molecular weight is 594 g/mol. The van der Waals surface area contributed by atoms with Crippen LogP contribution in [0.3, 0.4) is 0 Å². The smallest absolute Gasteiger partial charge is 0.220 e. The van der Waals surface area contributed by atoms with Gasteiger partial charge in [0.05, 0.1) is 18.8 Å². The molecule has 2 atom stereocenters. The standard InChI is InChI=1S/C38H75NO3/c1-3-5-7-9-11-13-15-17-19-21-23-25-27-29-31-33-37(41)36(35-40)39-38(42)34-32-30-28-26-24-22-20-18-16-14-12-10-8-6-4-2/h18,20,36-37,40-41H,3-17,19,21-35H2,1-2H3,(H,39,42)/b20-18+/t36-,37+/m0/s1. The van der Waals surface area contributed by atoms with E-state index >= 15 is 0 Å². The summed E-state index contributed by atoms with van der Waals surface area (Å²) in [6, 6.07) is -0.535. The summed E-state index contributed by atoms with van der Waals surface area (Å²) < 4.78 is 0. The monoisotopic (exact) mass is 594 g/mol. The number of carbonyl (C=O) groups is 1. The number of aliphatic hydroxyl groups excluding tert-OH is 2. The Labute approximate surface area is 263 Å². The molecule has 0 bridgehead atoms. The first kappa shape index (κ1) is 41.1. The van der Waals surface area contributed by atoms with Gasteiger partial charge in [0.25, 0.3) is 0 Å². The van der Waals surface area contributed by atoms with Crippen LogP contribution >= 0.6 is 0 Å². The van der Waals surface area contributed by atoms with Crippen molar-refractivity contribution in [2.45, 2.75) is 219 Å². The van der Waals surface area contributed by atoms with E-state index in [2.05, 4.69) is 31.3 Å². The maximum Gasteiger partial charge on any atom is 0.220 e. The summed E-state index contributed by atoms with van der Waals surface area (Å²) in [5.74, 6) is -0.0396. The Kier molecular flexibility index (Phi) is 33.9.